The van der Waals surface area contributed by atoms with Crippen molar-refractivity contribution < 1.29 is 4.42 Å². The molecule has 0 atom stereocenters. The number of para-hydroxylation sites is 6. The second kappa shape index (κ2) is 10.3. The van der Waals surface area contributed by atoms with Crippen LogP contribution in [-0.2, 0) is 0 Å². The Morgan fingerprint density at radius 3 is 1.31 bits per heavy atom. The van der Waals surface area contributed by atoms with Crippen molar-refractivity contribution in [3.63, 3.8) is 0 Å². The molecule has 4 aromatic heterocycles. The first-order valence-corrected chi connectivity index (χ1v) is 17.8. The van der Waals surface area contributed by atoms with E-state index >= 15 is 0 Å². The van der Waals surface area contributed by atoms with Gasteiger partial charge < -0.3 is 18.1 Å². The van der Waals surface area contributed by atoms with Crippen LogP contribution in [0.4, 0.5) is 0 Å². The van der Waals surface area contributed by atoms with E-state index in [9.17, 15) is 0 Å². The Balaban J connectivity index is 1.41. The van der Waals surface area contributed by atoms with Gasteiger partial charge in [0.15, 0.2) is 0 Å². The first-order valence-electron chi connectivity index (χ1n) is 17.8. The number of hydrogen-bond acceptors (Lipinski definition) is 1. The van der Waals surface area contributed by atoms with Gasteiger partial charge in [-0.25, -0.2) is 0 Å². The molecule has 242 valence electrons. The molecule has 0 aliphatic heterocycles. The van der Waals surface area contributed by atoms with E-state index in [0.29, 0.717) is 0 Å². The molecule has 0 radical (unpaired) electrons. The monoisotopic (exact) mass is 663 g/mol. The summed E-state index contributed by atoms with van der Waals surface area (Å²) in [6.45, 7) is 0. The third-order valence-corrected chi connectivity index (χ3v) is 11.0. The third kappa shape index (κ3) is 3.55. The van der Waals surface area contributed by atoms with Gasteiger partial charge in [-0.2, -0.15) is 0 Å². The third-order valence-electron chi connectivity index (χ3n) is 11.0. The van der Waals surface area contributed by atoms with E-state index < -0.39 is 0 Å². The zero-order valence-electron chi connectivity index (χ0n) is 28.0. The summed E-state index contributed by atoms with van der Waals surface area (Å²) < 4.78 is 13.8. The first-order chi connectivity index (χ1) is 25.8. The highest BCUT2D eigenvalue weighted by atomic mass is 16.3. The Bertz CT molecular complexity index is 3390. The predicted molar refractivity (Wildman–Crippen MR) is 217 cm³/mol. The fraction of sp³-hybridized carbons (Fsp3) is 0. The molecule has 4 heteroatoms. The number of nitrogens with zero attached hydrogens (tertiary/aromatic N) is 3. The Hall–Kier alpha value is -7.04. The molecule has 0 N–H and O–H groups in total. The number of rotatable bonds is 3. The molecule has 0 bridgehead atoms. The van der Waals surface area contributed by atoms with E-state index in [1.165, 1.54) is 65.4 Å². The Morgan fingerprint density at radius 1 is 0.288 bits per heavy atom. The summed E-state index contributed by atoms with van der Waals surface area (Å²) in [5, 5.41) is 9.67. The number of furan rings is 1. The van der Waals surface area contributed by atoms with E-state index in [1.54, 1.807) is 0 Å². The standard InChI is InChI=1S/C48H29N3O/c1-3-15-30(16-4-1)49-38-23-11-8-21-35(38)44-43-34-20-7-12-24-39(34)51(32-27-28-42-37(29-32)33-19-10-14-26-41(33)52-42)46(43)45-36-22-9-13-25-40(36)50(48(45)47(44)49)31-17-5-2-6-18-31/h1-29H. The molecule has 0 aliphatic rings. The van der Waals surface area contributed by atoms with Crippen LogP contribution in [0.2, 0.25) is 0 Å². The first kappa shape index (κ1) is 27.7. The molecular weight excluding hydrogens is 635 g/mol. The smallest absolute Gasteiger partial charge is 0.135 e. The second-order valence-electron chi connectivity index (χ2n) is 13.7. The van der Waals surface area contributed by atoms with Crippen molar-refractivity contribution in [2.45, 2.75) is 0 Å². The molecule has 52 heavy (non-hydrogen) atoms. The van der Waals surface area contributed by atoms with Gasteiger partial charge in [-0.1, -0.05) is 109 Å². The van der Waals surface area contributed by atoms with Gasteiger partial charge in [0, 0.05) is 60.2 Å². The lowest BCUT2D eigenvalue weighted by Crippen LogP contribution is -1.99. The van der Waals surface area contributed by atoms with Crippen LogP contribution >= 0.6 is 0 Å². The van der Waals surface area contributed by atoms with Crippen molar-refractivity contribution in [3.8, 4) is 17.1 Å². The number of benzene rings is 8. The molecule has 4 nitrogen and oxygen atoms in total. The average Bonchev–Trinajstić information content (AvgIpc) is 3.95. The molecule has 0 saturated carbocycles. The van der Waals surface area contributed by atoms with E-state index in [4.69, 9.17) is 4.42 Å². The second-order valence-corrected chi connectivity index (χ2v) is 13.7. The number of aromatic nitrogens is 3. The molecule has 0 fully saturated rings. The largest absolute Gasteiger partial charge is 0.456 e. The van der Waals surface area contributed by atoms with Gasteiger partial charge in [-0.3, -0.25) is 0 Å². The van der Waals surface area contributed by atoms with Crippen LogP contribution < -0.4 is 0 Å². The van der Waals surface area contributed by atoms with Crippen LogP contribution in [0.15, 0.2) is 180 Å². The van der Waals surface area contributed by atoms with E-state index in [0.717, 1.165) is 39.0 Å². The van der Waals surface area contributed by atoms with Crippen LogP contribution in [0.1, 0.15) is 0 Å². The van der Waals surface area contributed by atoms with Gasteiger partial charge in [0.05, 0.1) is 33.1 Å². The van der Waals surface area contributed by atoms with Crippen LogP contribution in [0.5, 0.6) is 0 Å². The zero-order chi connectivity index (χ0) is 33.9. The van der Waals surface area contributed by atoms with Crippen molar-refractivity contribution in [2.24, 2.45) is 0 Å². The van der Waals surface area contributed by atoms with Crippen LogP contribution in [0.25, 0.3) is 104 Å². The van der Waals surface area contributed by atoms with Crippen LogP contribution in [-0.4, -0.2) is 13.7 Å². The summed E-state index contributed by atoms with van der Waals surface area (Å²) in [4.78, 5) is 0. The summed E-state index contributed by atoms with van der Waals surface area (Å²) in [5.41, 5.74) is 12.3. The molecule has 12 aromatic rings. The van der Waals surface area contributed by atoms with Crippen molar-refractivity contribution in [3.05, 3.63) is 176 Å². The lowest BCUT2D eigenvalue weighted by molar-refractivity contribution is 0.669. The minimum atomic E-state index is 0.893. The molecule has 0 aliphatic carbocycles. The summed E-state index contributed by atoms with van der Waals surface area (Å²) in [6, 6.07) is 63.4. The van der Waals surface area contributed by atoms with Gasteiger partial charge in [-0.05, 0) is 66.7 Å². The van der Waals surface area contributed by atoms with Gasteiger partial charge in [0.2, 0.25) is 0 Å². The highest BCUT2D eigenvalue weighted by Gasteiger charge is 2.28. The van der Waals surface area contributed by atoms with Crippen molar-refractivity contribution >= 4 is 87.4 Å². The molecule has 0 spiro atoms. The Kier molecular flexibility index (Phi) is 5.47. The molecular formula is C48H29N3O. The SMILES string of the molecule is c1ccc(-n2c3ccccc3c3c4c5ccccc5n(-c5ccc6oc7ccccc7c6c5)c4c4c5ccccc5n(-c5ccccc5)c4c32)cc1. The number of fused-ring (bicyclic) bond motifs is 15. The van der Waals surface area contributed by atoms with Gasteiger partial charge in [0.25, 0.3) is 0 Å². The zero-order valence-corrected chi connectivity index (χ0v) is 28.0. The molecule has 0 saturated heterocycles. The molecule has 12 rings (SSSR count). The highest BCUT2D eigenvalue weighted by Crippen LogP contribution is 2.50. The maximum absolute atomic E-state index is 6.32. The maximum atomic E-state index is 6.32. The maximum Gasteiger partial charge on any atom is 0.135 e. The van der Waals surface area contributed by atoms with Crippen molar-refractivity contribution in [1.82, 2.24) is 13.7 Å². The minimum Gasteiger partial charge on any atom is -0.456 e. The molecule has 0 amide bonds. The van der Waals surface area contributed by atoms with Crippen LogP contribution in [0, 0.1) is 0 Å². The van der Waals surface area contributed by atoms with E-state index in [2.05, 4.69) is 184 Å². The van der Waals surface area contributed by atoms with E-state index in [1.807, 2.05) is 6.07 Å². The van der Waals surface area contributed by atoms with E-state index in [-0.39, 0.29) is 0 Å². The lowest BCUT2D eigenvalue weighted by atomic mass is 10.0. The highest BCUT2D eigenvalue weighted by molar-refractivity contribution is 6.40. The quantitative estimate of drug-likeness (QED) is 0.185. The number of hydrogen-bond donors (Lipinski definition) is 0. The van der Waals surface area contributed by atoms with Gasteiger partial charge in [-0.15, -0.1) is 0 Å². The molecule has 0 unspecified atom stereocenters. The fourth-order valence-corrected chi connectivity index (χ4v) is 8.96. The summed E-state index contributed by atoms with van der Waals surface area (Å²) >= 11 is 0. The van der Waals surface area contributed by atoms with Gasteiger partial charge in [0.1, 0.15) is 11.2 Å². The lowest BCUT2D eigenvalue weighted by Gasteiger charge is -2.14. The minimum absolute atomic E-state index is 0.893. The fourth-order valence-electron chi connectivity index (χ4n) is 8.96. The summed E-state index contributed by atoms with van der Waals surface area (Å²) in [6.07, 6.45) is 0. The Labute approximate surface area is 297 Å². The van der Waals surface area contributed by atoms with Gasteiger partial charge >= 0.3 is 0 Å². The van der Waals surface area contributed by atoms with Crippen molar-refractivity contribution in [2.75, 3.05) is 0 Å². The van der Waals surface area contributed by atoms with Crippen LogP contribution in [0.3, 0.4) is 0 Å². The summed E-state index contributed by atoms with van der Waals surface area (Å²) in [5.74, 6) is 0. The normalized spacial score (nSPS) is 12.2. The molecule has 4 heterocycles. The average molecular weight is 664 g/mol. The topological polar surface area (TPSA) is 27.9 Å². The van der Waals surface area contributed by atoms with Crippen molar-refractivity contribution in [1.29, 1.82) is 0 Å². The Morgan fingerprint density at radius 2 is 0.712 bits per heavy atom. The predicted octanol–water partition coefficient (Wildman–Crippen LogP) is 12.9. The summed E-state index contributed by atoms with van der Waals surface area (Å²) in [7, 11) is 0. The molecule has 8 aromatic carbocycles.